The lowest BCUT2D eigenvalue weighted by molar-refractivity contribution is -0.930. The first-order valence-corrected chi connectivity index (χ1v) is 8.94. The molecule has 0 aliphatic carbocycles. The van der Waals surface area contributed by atoms with E-state index in [9.17, 15) is 0 Å². The molecule has 1 N–H and O–H groups in total. The molecule has 0 spiro atoms. The maximum Gasteiger partial charge on any atom is 0.139 e. The minimum atomic E-state index is -0.449. The molecule has 4 nitrogen and oxygen atoms in total. The zero-order valence-corrected chi connectivity index (χ0v) is 14.8. The van der Waals surface area contributed by atoms with Gasteiger partial charge in [-0.15, -0.1) is 0 Å². The maximum atomic E-state index is 8.64. The van der Waals surface area contributed by atoms with Crippen molar-refractivity contribution >= 4 is 0 Å². The first-order valence-electron chi connectivity index (χ1n) is 8.94. The Morgan fingerprint density at radius 1 is 1.46 bits per heavy atom. The third-order valence-electron chi connectivity index (χ3n) is 4.80. The molecular weight excluding hydrogens is 298 g/mol. The summed E-state index contributed by atoms with van der Waals surface area (Å²) in [7, 11) is 0. The van der Waals surface area contributed by atoms with Gasteiger partial charge < -0.3 is 9.64 Å². The standard InChI is InChI=1S/C20H27N3O/c1-3-20(2,24-16-8-12-21)11-7-15-23-14-5-4-10-19(23)18-9-6-13-22-17-18/h6,9,13,17,19H,3-5,8,10,14-16H2,1-2H3/p+1/t19-,20+/m0/s1. The van der Waals surface area contributed by atoms with E-state index in [1.165, 1.54) is 29.7 Å². The van der Waals surface area contributed by atoms with Crippen molar-refractivity contribution in [3.8, 4) is 17.9 Å². The zero-order chi connectivity index (χ0) is 17.3. The minimum Gasteiger partial charge on any atom is -0.362 e. The number of piperidine rings is 1. The fraction of sp³-hybridized carbons (Fsp3) is 0.600. The second-order valence-electron chi connectivity index (χ2n) is 6.56. The van der Waals surface area contributed by atoms with Crippen LogP contribution in [-0.2, 0) is 4.74 Å². The van der Waals surface area contributed by atoms with Crippen LogP contribution >= 0.6 is 0 Å². The van der Waals surface area contributed by atoms with E-state index >= 15 is 0 Å². The molecule has 2 rings (SSSR count). The number of quaternary nitrogens is 1. The van der Waals surface area contributed by atoms with Crippen LogP contribution in [0.1, 0.15) is 57.6 Å². The summed E-state index contributed by atoms with van der Waals surface area (Å²) in [5.41, 5.74) is 0.869. The van der Waals surface area contributed by atoms with E-state index in [1.54, 1.807) is 0 Å². The number of pyridine rings is 1. The number of ether oxygens (including phenoxy) is 1. The molecule has 0 amide bonds. The quantitative estimate of drug-likeness (QED) is 0.644. The molecule has 1 aliphatic heterocycles. The Bertz CT molecular complexity index is 599. The van der Waals surface area contributed by atoms with Crippen LogP contribution in [0.3, 0.4) is 0 Å². The Morgan fingerprint density at radius 2 is 2.33 bits per heavy atom. The summed E-state index contributed by atoms with van der Waals surface area (Å²) < 4.78 is 5.80. The zero-order valence-electron chi connectivity index (χ0n) is 14.8. The number of hydrogen-bond donors (Lipinski definition) is 1. The molecular formula is C20H28N3O+. The summed E-state index contributed by atoms with van der Waals surface area (Å²) in [5, 5.41) is 8.64. The molecule has 1 aliphatic rings. The Morgan fingerprint density at radius 3 is 3.04 bits per heavy atom. The highest BCUT2D eigenvalue weighted by atomic mass is 16.5. The smallest absolute Gasteiger partial charge is 0.139 e. The molecule has 1 fully saturated rings. The molecule has 0 saturated carbocycles. The molecule has 1 unspecified atom stereocenters. The topological polar surface area (TPSA) is 50.4 Å². The van der Waals surface area contributed by atoms with Gasteiger partial charge in [0, 0.05) is 24.4 Å². The van der Waals surface area contributed by atoms with Crippen LogP contribution in [0.2, 0.25) is 0 Å². The van der Waals surface area contributed by atoms with Crippen molar-refractivity contribution in [1.29, 1.82) is 5.26 Å². The third-order valence-corrected chi connectivity index (χ3v) is 4.80. The van der Waals surface area contributed by atoms with Crippen molar-refractivity contribution in [2.75, 3.05) is 19.7 Å². The largest absolute Gasteiger partial charge is 0.362 e. The van der Waals surface area contributed by atoms with Gasteiger partial charge in [-0.1, -0.05) is 18.9 Å². The highest BCUT2D eigenvalue weighted by Crippen LogP contribution is 2.18. The van der Waals surface area contributed by atoms with Gasteiger partial charge in [0.2, 0.25) is 0 Å². The molecule has 128 valence electrons. The molecule has 0 aromatic carbocycles. The number of nitrogens with one attached hydrogen (secondary N) is 1. The van der Waals surface area contributed by atoms with E-state index in [1.807, 2.05) is 25.4 Å². The fourth-order valence-electron chi connectivity index (χ4n) is 3.17. The second-order valence-corrected chi connectivity index (χ2v) is 6.56. The molecule has 2 heterocycles. The number of rotatable bonds is 6. The van der Waals surface area contributed by atoms with Crippen molar-refractivity contribution in [3.05, 3.63) is 30.1 Å². The van der Waals surface area contributed by atoms with Gasteiger partial charge in [-0.2, -0.15) is 5.26 Å². The van der Waals surface area contributed by atoms with Crippen molar-refractivity contribution in [2.24, 2.45) is 0 Å². The average Bonchev–Trinajstić information content (AvgIpc) is 2.63. The predicted molar refractivity (Wildman–Crippen MR) is 94.2 cm³/mol. The van der Waals surface area contributed by atoms with Crippen LogP contribution in [0, 0.1) is 23.2 Å². The monoisotopic (exact) mass is 326 g/mol. The summed E-state index contributed by atoms with van der Waals surface area (Å²) in [6.07, 6.45) is 8.80. The first kappa shape index (κ1) is 18.5. The normalized spacial score (nSPS) is 22.7. The van der Waals surface area contributed by atoms with E-state index < -0.39 is 5.60 Å². The molecule has 3 atom stereocenters. The van der Waals surface area contributed by atoms with Gasteiger partial charge in [-0.3, -0.25) is 4.98 Å². The number of nitriles is 1. The Labute approximate surface area is 145 Å². The number of aromatic nitrogens is 1. The van der Waals surface area contributed by atoms with Crippen LogP contribution in [0.25, 0.3) is 0 Å². The lowest BCUT2D eigenvalue weighted by Gasteiger charge is -2.31. The van der Waals surface area contributed by atoms with Gasteiger partial charge in [-0.25, -0.2) is 0 Å². The first-order chi connectivity index (χ1) is 11.7. The lowest BCUT2D eigenvalue weighted by atomic mass is 9.96. The SMILES string of the molecule is CC[C@](C)(C#CC[NH+]1CCCC[C@H]1c1cccnc1)OCCC#N. The number of hydrogen-bond acceptors (Lipinski definition) is 3. The number of nitrogens with zero attached hydrogens (tertiary/aromatic N) is 2. The second kappa shape index (κ2) is 9.42. The minimum absolute atomic E-state index is 0.414. The average molecular weight is 326 g/mol. The maximum absolute atomic E-state index is 8.64. The summed E-state index contributed by atoms with van der Waals surface area (Å²) in [5.74, 6) is 6.66. The van der Waals surface area contributed by atoms with Gasteiger partial charge in [0.25, 0.3) is 0 Å². The molecule has 0 bridgehead atoms. The van der Waals surface area contributed by atoms with Crippen molar-refractivity contribution < 1.29 is 9.64 Å². The Balaban J connectivity index is 1.99. The highest BCUT2D eigenvalue weighted by Gasteiger charge is 2.27. The Hall–Kier alpha value is -1.88. The fourth-order valence-corrected chi connectivity index (χ4v) is 3.17. The van der Waals surface area contributed by atoms with E-state index in [-0.39, 0.29) is 0 Å². The van der Waals surface area contributed by atoms with Crippen LogP contribution in [-0.4, -0.2) is 30.3 Å². The molecule has 1 aromatic rings. The van der Waals surface area contributed by atoms with Gasteiger partial charge in [0.05, 0.1) is 25.6 Å². The van der Waals surface area contributed by atoms with E-state index in [0.29, 0.717) is 19.1 Å². The van der Waals surface area contributed by atoms with E-state index in [2.05, 4.69) is 35.9 Å². The Kier molecular flexibility index (Phi) is 7.25. The summed E-state index contributed by atoms with van der Waals surface area (Å²) in [4.78, 5) is 5.80. The van der Waals surface area contributed by atoms with Crippen LogP contribution < -0.4 is 4.90 Å². The lowest BCUT2D eigenvalue weighted by Crippen LogP contribution is -3.13. The van der Waals surface area contributed by atoms with Crippen molar-refractivity contribution in [3.63, 3.8) is 0 Å². The van der Waals surface area contributed by atoms with Gasteiger partial charge >= 0.3 is 0 Å². The predicted octanol–water partition coefficient (Wildman–Crippen LogP) is 2.29. The van der Waals surface area contributed by atoms with Crippen molar-refractivity contribution in [1.82, 2.24) is 4.98 Å². The van der Waals surface area contributed by atoms with Gasteiger partial charge in [-0.05, 0) is 38.2 Å². The van der Waals surface area contributed by atoms with Crippen LogP contribution in [0.15, 0.2) is 24.5 Å². The van der Waals surface area contributed by atoms with Gasteiger partial charge in [0.1, 0.15) is 18.2 Å². The number of likely N-dealkylation sites (tertiary alicyclic amines) is 1. The molecule has 1 saturated heterocycles. The van der Waals surface area contributed by atoms with E-state index in [0.717, 1.165) is 19.5 Å². The molecule has 0 radical (unpaired) electrons. The van der Waals surface area contributed by atoms with Gasteiger partial charge in [0.15, 0.2) is 0 Å². The highest BCUT2D eigenvalue weighted by molar-refractivity contribution is 5.14. The summed E-state index contributed by atoms with van der Waals surface area (Å²) in [6.45, 7) is 6.53. The molecule has 24 heavy (non-hydrogen) atoms. The molecule has 4 heteroatoms. The summed E-state index contributed by atoms with van der Waals surface area (Å²) >= 11 is 0. The van der Waals surface area contributed by atoms with Crippen molar-refractivity contribution in [2.45, 2.75) is 57.6 Å². The van der Waals surface area contributed by atoms with E-state index in [4.69, 9.17) is 10.00 Å². The molecule has 1 aromatic heterocycles. The van der Waals surface area contributed by atoms with Crippen LogP contribution in [0.5, 0.6) is 0 Å². The summed E-state index contributed by atoms with van der Waals surface area (Å²) in [6, 6.07) is 6.80. The van der Waals surface area contributed by atoms with Crippen LogP contribution in [0.4, 0.5) is 0 Å². The third kappa shape index (κ3) is 5.34.